The van der Waals surface area contributed by atoms with Crippen LogP contribution in [0.2, 0.25) is 0 Å². The van der Waals surface area contributed by atoms with Crippen molar-refractivity contribution in [2.75, 3.05) is 0 Å². The van der Waals surface area contributed by atoms with E-state index in [0.29, 0.717) is 12.8 Å². The summed E-state index contributed by atoms with van der Waals surface area (Å²) < 4.78 is 5.01. The Hall–Kier alpha value is -1.52. The molecule has 0 bridgehead atoms. The maximum Gasteiger partial charge on any atom is 0.411 e. The van der Waals surface area contributed by atoms with Gasteiger partial charge in [-0.05, 0) is 33.6 Å². The highest BCUT2D eigenvalue weighted by Crippen LogP contribution is 2.50. The van der Waals surface area contributed by atoms with Crippen LogP contribution in [-0.2, 0) is 9.53 Å². The molecule has 0 spiro atoms. The number of nitrogens with one attached hydrogen (secondary N) is 1. The molecule has 0 heterocycles. The molecular formula is C11H17NO4. The lowest BCUT2D eigenvalue weighted by Crippen LogP contribution is -2.36. The quantitative estimate of drug-likeness (QED) is 0.772. The molecule has 1 aliphatic carbocycles. The van der Waals surface area contributed by atoms with Crippen molar-refractivity contribution in [2.45, 2.75) is 39.2 Å². The summed E-state index contributed by atoms with van der Waals surface area (Å²) in [6.45, 7) is 8.79. The molecule has 0 radical (unpaired) electrons. The van der Waals surface area contributed by atoms with Crippen molar-refractivity contribution >= 4 is 12.1 Å². The second-order valence-corrected chi connectivity index (χ2v) is 4.99. The number of hydrogen-bond donors (Lipinski definition) is 2. The first kappa shape index (κ1) is 12.5. The molecule has 5 heteroatoms. The number of carboxylic acid groups (broad SMARTS) is 1. The summed E-state index contributed by atoms with van der Waals surface area (Å²) >= 11 is 0. The molecule has 1 amide bonds. The molecule has 0 unspecified atom stereocenters. The molecule has 0 aromatic heterocycles. The van der Waals surface area contributed by atoms with Gasteiger partial charge in [-0.2, -0.15) is 0 Å². The fourth-order valence-corrected chi connectivity index (χ4v) is 1.32. The third kappa shape index (κ3) is 2.74. The second kappa shape index (κ2) is 3.81. The van der Waals surface area contributed by atoms with E-state index in [1.807, 2.05) is 0 Å². The van der Waals surface area contributed by atoms with Crippen LogP contribution in [0.1, 0.15) is 33.6 Å². The topological polar surface area (TPSA) is 75.6 Å². The Morgan fingerprint density at radius 3 is 2.19 bits per heavy atom. The van der Waals surface area contributed by atoms with Crippen LogP contribution in [0.25, 0.3) is 0 Å². The van der Waals surface area contributed by atoms with E-state index < -0.39 is 23.1 Å². The van der Waals surface area contributed by atoms with Gasteiger partial charge in [0.05, 0.1) is 0 Å². The van der Waals surface area contributed by atoms with Gasteiger partial charge in [-0.3, -0.25) is 10.1 Å². The lowest BCUT2D eigenvalue weighted by molar-refractivity contribution is -0.141. The Morgan fingerprint density at radius 2 is 1.88 bits per heavy atom. The van der Waals surface area contributed by atoms with Crippen LogP contribution in [0.15, 0.2) is 12.3 Å². The fourth-order valence-electron chi connectivity index (χ4n) is 1.32. The average Bonchev–Trinajstić information content (AvgIpc) is 2.78. The lowest BCUT2D eigenvalue weighted by Gasteiger charge is -2.21. The van der Waals surface area contributed by atoms with Crippen molar-refractivity contribution in [1.82, 2.24) is 5.32 Å². The Labute approximate surface area is 94.5 Å². The van der Waals surface area contributed by atoms with E-state index in [4.69, 9.17) is 9.84 Å². The van der Waals surface area contributed by atoms with E-state index in [1.165, 1.54) is 0 Å². The van der Waals surface area contributed by atoms with Crippen molar-refractivity contribution in [2.24, 2.45) is 5.41 Å². The van der Waals surface area contributed by atoms with Crippen molar-refractivity contribution in [3.63, 3.8) is 0 Å². The molecule has 0 atom stereocenters. The first-order valence-electron chi connectivity index (χ1n) is 5.10. The third-order valence-electron chi connectivity index (χ3n) is 2.39. The summed E-state index contributed by atoms with van der Waals surface area (Å²) in [4.78, 5) is 22.3. The molecule has 5 nitrogen and oxygen atoms in total. The summed E-state index contributed by atoms with van der Waals surface area (Å²) in [7, 11) is 0. The van der Waals surface area contributed by atoms with Crippen molar-refractivity contribution < 1.29 is 19.4 Å². The monoisotopic (exact) mass is 227 g/mol. The van der Waals surface area contributed by atoms with Gasteiger partial charge in [-0.1, -0.05) is 6.58 Å². The zero-order valence-electron chi connectivity index (χ0n) is 9.79. The van der Waals surface area contributed by atoms with E-state index in [9.17, 15) is 9.59 Å². The number of aliphatic carboxylic acids is 1. The van der Waals surface area contributed by atoms with E-state index in [1.54, 1.807) is 20.8 Å². The first-order valence-corrected chi connectivity index (χ1v) is 5.10. The van der Waals surface area contributed by atoms with Gasteiger partial charge in [0.15, 0.2) is 0 Å². The molecule has 1 fully saturated rings. The van der Waals surface area contributed by atoms with Gasteiger partial charge in [0.2, 0.25) is 0 Å². The normalized spacial score (nSPS) is 17.4. The Balaban J connectivity index is 2.53. The average molecular weight is 227 g/mol. The van der Waals surface area contributed by atoms with Gasteiger partial charge in [-0.15, -0.1) is 0 Å². The second-order valence-electron chi connectivity index (χ2n) is 4.99. The van der Waals surface area contributed by atoms with Crippen molar-refractivity contribution in [1.29, 1.82) is 0 Å². The number of ether oxygens (including phenoxy) is 1. The van der Waals surface area contributed by atoms with Gasteiger partial charge >= 0.3 is 12.1 Å². The van der Waals surface area contributed by atoms with Crippen molar-refractivity contribution in [3.8, 4) is 0 Å². The first-order chi connectivity index (χ1) is 7.17. The number of carbonyl (C=O) groups is 2. The molecule has 1 aliphatic rings. The zero-order chi connectivity index (χ0) is 12.6. The number of carbonyl (C=O) groups excluding carboxylic acids is 1. The Morgan fingerprint density at radius 1 is 1.38 bits per heavy atom. The molecule has 16 heavy (non-hydrogen) atoms. The zero-order valence-corrected chi connectivity index (χ0v) is 9.79. The third-order valence-corrected chi connectivity index (χ3v) is 2.39. The predicted molar refractivity (Wildman–Crippen MR) is 57.8 cm³/mol. The highest BCUT2D eigenvalue weighted by molar-refractivity contribution is 5.83. The summed E-state index contributed by atoms with van der Waals surface area (Å²) in [5.74, 6) is -0.950. The molecule has 0 aromatic rings. The number of hydrogen-bond acceptors (Lipinski definition) is 3. The Bertz CT molecular complexity index is 336. The largest absolute Gasteiger partial charge is 0.481 e. The van der Waals surface area contributed by atoms with Crippen LogP contribution in [0, 0.1) is 5.41 Å². The standard InChI is InChI=1S/C11H17NO4/c1-7(11(5-6-11)8(13)14)12-9(15)16-10(2,3)4/h1,5-6H2,2-4H3,(H,12,15)(H,13,14). The van der Waals surface area contributed by atoms with E-state index >= 15 is 0 Å². The molecule has 0 aliphatic heterocycles. The van der Waals surface area contributed by atoms with Crippen LogP contribution >= 0.6 is 0 Å². The molecule has 0 saturated heterocycles. The number of rotatable bonds is 3. The summed E-state index contributed by atoms with van der Waals surface area (Å²) in [6, 6.07) is 0. The number of carboxylic acids is 1. The number of amides is 1. The Kier molecular flexibility index (Phi) is 2.99. The van der Waals surface area contributed by atoms with Gasteiger partial charge in [0, 0.05) is 5.70 Å². The highest BCUT2D eigenvalue weighted by Gasteiger charge is 2.53. The predicted octanol–water partition coefficient (Wildman–Crippen LogP) is 1.89. The van der Waals surface area contributed by atoms with Gasteiger partial charge in [0.25, 0.3) is 0 Å². The fraction of sp³-hybridized carbons (Fsp3) is 0.636. The smallest absolute Gasteiger partial charge is 0.411 e. The molecule has 2 N–H and O–H groups in total. The minimum Gasteiger partial charge on any atom is -0.481 e. The summed E-state index contributed by atoms with van der Waals surface area (Å²) in [5, 5.41) is 11.4. The van der Waals surface area contributed by atoms with Crippen LogP contribution in [0.5, 0.6) is 0 Å². The van der Waals surface area contributed by atoms with Gasteiger partial charge < -0.3 is 9.84 Å². The molecular weight excluding hydrogens is 210 g/mol. The highest BCUT2D eigenvalue weighted by atomic mass is 16.6. The maximum atomic E-state index is 11.4. The summed E-state index contributed by atoms with van der Waals surface area (Å²) in [5.41, 5.74) is -1.38. The van der Waals surface area contributed by atoms with Crippen LogP contribution in [0.3, 0.4) is 0 Å². The molecule has 1 saturated carbocycles. The summed E-state index contributed by atoms with van der Waals surface area (Å²) in [6.07, 6.45) is 0.360. The molecule has 0 aromatic carbocycles. The SMILES string of the molecule is C=C(NC(=O)OC(C)(C)C)C1(C(=O)O)CC1. The lowest BCUT2D eigenvalue weighted by atomic mass is 10.0. The van der Waals surface area contributed by atoms with Crippen molar-refractivity contribution in [3.05, 3.63) is 12.3 Å². The minimum atomic E-state index is -0.975. The van der Waals surface area contributed by atoms with E-state index in [2.05, 4.69) is 11.9 Å². The van der Waals surface area contributed by atoms with Crippen LogP contribution in [0.4, 0.5) is 4.79 Å². The number of alkyl carbamates (subject to hydrolysis) is 1. The van der Waals surface area contributed by atoms with Gasteiger partial charge in [-0.25, -0.2) is 4.79 Å². The minimum absolute atomic E-state index is 0.203. The van der Waals surface area contributed by atoms with Crippen LogP contribution in [-0.4, -0.2) is 22.8 Å². The molecule has 90 valence electrons. The maximum absolute atomic E-state index is 11.4. The van der Waals surface area contributed by atoms with E-state index in [0.717, 1.165) is 0 Å². The molecule has 1 rings (SSSR count). The van der Waals surface area contributed by atoms with Gasteiger partial charge in [0.1, 0.15) is 11.0 Å². The van der Waals surface area contributed by atoms with Crippen LogP contribution < -0.4 is 5.32 Å². The van der Waals surface area contributed by atoms with E-state index in [-0.39, 0.29) is 5.70 Å².